The molecule has 3 heterocycles. The van der Waals surface area contributed by atoms with E-state index in [1.165, 1.54) is 18.2 Å². The lowest BCUT2D eigenvalue weighted by molar-refractivity contribution is -0.120. The molecule has 0 spiro atoms. The summed E-state index contributed by atoms with van der Waals surface area (Å²) in [7, 11) is 0. The van der Waals surface area contributed by atoms with E-state index in [-0.39, 0.29) is 20.5 Å². The molecule has 0 aliphatic carbocycles. The third kappa shape index (κ3) is 5.09. The van der Waals surface area contributed by atoms with E-state index in [9.17, 15) is 20.1 Å². The first kappa shape index (κ1) is 26.7. The van der Waals surface area contributed by atoms with Crippen LogP contribution in [-0.4, -0.2) is 21.8 Å². The average molecular weight is 566 g/mol. The molecule has 2 aromatic heterocycles. The Labute approximate surface area is 232 Å². The van der Waals surface area contributed by atoms with Crippen molar-refractivity contribution >= 4 is 64.2 Å². The van der Waals surface area contributed by atoms with E-state index in [2.05, 4.69) is 22.1 Å². The van der Waals surface area contributed by atoms with Crippen molar-refractivity contribution < 1.29 is 9.59 Å². The number of hydrogen-bond donors (Lipinski definition) is 0. The van der Waals surface area contributed by atoms with Gasteiger partial charge in [-0.3, -0.25) is 9.59 Å². The highest BCUT2D eigenvalue weighted by atomic mass is 35.5. The van der Waals surface area contributed by atoms with Gasteiger partial charge in [-0.05, 0) is 69.2 Å². The number of pyridine rings is 2. The van der Waals surface area contributed by atoms with Crippen molar-refractivity contribution in [2.24, 2.45) is 0 Å². The number of amides is 2. The van der Waals surface area contributed by atoms with Gasteiger partial charge in [0.25, 0.3) is 11.8 Å². The fourth-order valence-electron chi connectivity index (χ4n) is 3.77. The van der Waals surface area contributed by atoms with Crippen LogP contribution in [0.3, 0.4) is 0 Å². The summed E-state index contributed by atoms with van der Waals surface area (Å²) in [5.74, 6) is -1.26. The van der Waals surface area contributed by atoms with E-state index >= 15 is 0 Å². The summed E-state index contributed by atoms with van der Waals surface area (Å²) < 4.78 is 0. The van der Waals surface area contributed by atoms with Crippen molar-refractivity contribution in [1.82, 2.24) is 9.97 Å². The second-order valence-electron chi connectivity index (χ2n) is 8.15. The quantitative estimate of drug-likeness (QED) is 0.325. The van der Waals surface area contributed by atoms with Crippen LogP contribution in [0.4, 0.5) is 5.69 Å². The summed E-state index contributed by atoms with van der Waals surface area (Å²) in [5, 5.41) is 20.5. The van der Waals surface area contributed by atoms with E-state index < -0.39 is 11.8 Å². The Bertz CT molecular complexity index is 1530. The molecule has 2 amide bonds. The van der Waals surface area contributed by atoms with Crippen LogP contribution in [0.15, 0.2) is 50.2 Å². The zero-order valence-corrected chi connectivity index (χ0v) is 23.2. The number of halogens is 2. The third-order valence-electron chi connectivity index (χ3n) is 5.40. The van der Waals surface area contributed by atoms with E-state index in [4.69, 9.17) is 23.2 Å². The van der Waals surface area contributed by atoms with Crippen LogP contribution in [0.2, 0.25) is 10.0 Å². The van der Waals surface area contributed by atoms with Crippen molar-refractivity contribution in [3.8, 4) is 12.1 Å². The van der Waals surface area contributed by atoms with Gasteiger partial charge in [0.1, 0.15) is 22.2 Å². The Morgan fingerprint density at radius 2 is 1.24 bits per heavy atom. The second-order valence-corrected chi connectivity index (χ2v) is 11.0. The van der Waals surface area contributed by atoms with Crippen molar-refractivity contribution in [3.63, 3.8) is 0 Å². The highest BCUT2D eigenvalue weighted by molar-refractivity contribution is 8.08. The number of imide groups is 1. The molecule has 11 heteroatoms. The maximum Gasteiger partial charge on any atom is 0.273 e. The van der Waals surface area contributed by atoms with Crippen LogP contribution in [0.1, 0.15) is 33.6 Å². The van der Waals surface area contributed by atoms with E-state index in [1.807, 2.05) is 0 Å². The minimum atomic E-state index is -0.630. The lowest BCUT2D eigenvalue weighted by atomic mass is 10.1. The van der Waals surface area contributed by atoms with Gasteiger partial charge in [-0.1, -0.05) is 46.7 Å². The zero-order valence-electron chi connectivity index (χ0n) is 20.0. The molecule has 0 N–H and O–H groups in total. The highest BCUT2D eigenvalue weighted by Gasteiger charge is 2.42. The molecule has 1 aliphatic rings. The molecule has 0 radical (unpaired) electrons. The predicted octanol–water partition coefficient (Wildman–Crippen LogP) is 6.43. The molecular formula is C26H17Cl2N5O2S2. The van der Waals surface area contributed by atoms with Crippen LogP contribution >= 0.6 is 46.7 Å². The van der Waals surface area contributed by atoms with Crippen LogP contribution in [0, 0.1) is 50.4 Å². The maximum atomic E-state index is 13.7. The summed E-state index contributed by atoms with van der Waals surface area (Å²) >= 11 is 14.3. The number of thioether (sulfide) groups is 2. The van der Waals surface area contributed by atoms with Gasteiger partial charge in [0.05, 0.1) is 31.6 Å². The number of rotatable bonds is 5. The SMILES string of the molecule is Cc1cc(C)c(C#N)c(SC2=C(Sc3nc(C)cc(C)c3C#N)C(=O)N(c3ccc(Cl)cc3Cl)C2=O)n1. The number of aromatic nitrogens is 2. The number of nitriles is 2. The Kier molecular flexibility index (Phi) is 7.63. The van der Waals surface area contributed by atoms with Gasteiger partial charge in [-0.15, -0.1) is 0 Å². The first-order valence-corrected chi connectivity index (χ1v) is 13.1. The van der Waals surface area contributed by atoms with E-state index in [0.29, 0.717) is 48.7 Å². The molecule has 0 saturated heterocycles. The van der Waals surface area contributed by atoms with Gasteiger partial charge in [-0.2, -0.15) is 10.5 Å². The van der Waals surface area contributed by atoms with Gasteiger partial charge in [0, 0.05) is 16.4 Å². The number of carbonyl (C=O) groups excluding carboxylic acids is 2. The molecule has 184 valence electrons. The summed E-state index contributed by atoms with van der Waals surface area (Å²) in [6.07, 6.45) is 0. The van der Waals surface area contributed by atoms with Crippen molar-refractivity contribution in [2.45, 2.75) is 37.7 Å². The minimum absolute atomic E-state index is 0.0554. The Balaban J connectivity index is 1.90. The number of anilines is 1. The summed E-state index contributed by atoms with van der Waals surface area (Å²) in [6, 6.07) is 12.3. The number of nitrogens with zero attached hydrogens (tertiary/aromatic N) is 5. The van der Waals surface area contributed by atoms with Crippen LogP contribution in [-0.2, 0) is 9.59 Å². The Morgan fingerprint density at radius 3 is 1.65 bits per heavy atom. The molecule has 3 aromatic rings. The van der Waals surface area contributed by atoms with Crippen LogP contribution in [0.5, 0.6) is 0 Å². The topological polar surface area (TPSA) is 111 Å². The zero-order chi connectivity index (χ0) is 27.0. The summed E-state index contributed by atoms with van der Waals surface area (Å²) in [4.78, 5) is 37.5. The molecule has 4 rings (SSSR count). The van der Waals surface area contributed by atoms with Gasteiger partial charge in [-0.25, -0.2) is 14.9 Å². The summed E-state index contributed by atoms with van der Waals surface area (Å²) in [5.41, 5.74) is 3.49. The number of benzene rings is 1. The first-order chi connectivity index (χ1) is 17.5. The lowest BCUT2D eigenvalue weighted by Gasteiger charge is -2.17. The normalized spacial score (nSPS) is 13.2. The molecule has 0 unspecified atom stereocenters. The molecule has 7 nitrogen and oxygen atoms in total. The lowest BCUT2D eigenvalue weighted by Crippen LogP contribution is -2.31. The van der Waals surface area contributed by atoms with E-state index in [0.717, 1.165) is 28.4 Å². The van der Waals surface area contributed by atoms with Crippen molar-refractivity contribution in [2.75, 3.05) is 4.90 Å². The van der Waals surface area contributed by atoms with Crippen molar-refractivity contribution in [3.05, 3.63) is 83.8 Å². The van der Waals surface area contributed by atoms with Gasteiger partial charge in [0.15, 0.2) is 0 Å². The molecule has 0 atom stereocenters. The molecule has 37 heavy (non-hydrogen) atoms. The van der Waals surface area contributed by atoms with Gasteiger partial charge < -0.3 is 0 Å². The second kappa shape index (κ2) is 10.6. The number of carbonyl (C=O) groups is 2. The van der Waals surface area contributed by atoms with Gasteiger partial charge >= 0.3 is 0 Å². The number of aryl methyl sites for hydroxylation is 4. The number of hydrogen-bond acceptors (Lipinski definition) is 8. The standard InChI is InChI=1S/C26H17Cl2N5O2S2/c1-12-7-14(3)31-23(17(12)10-29)36-21-22(37-24-18(11-30)13(2)8-15(4)32-24)26(35)33(25(21)34)20-6-5-16(27)9-19(20)28/h5-9H,1-4H3. The van der Waals surface area contributed by atoms with Crippen LogP contribution in [0.25, 0.3) is 0 Å². The van der Waals surface area contributed by atoms with Crippen LogP contribution < -0.4 is 4.90 Å². The van der Waals surface area contributed by atoms with Crippen molar-refractivity contribution in [1.29, 1.82) is 10.5 Å². The minimum Gasteiger partial charge on any atom is -0.268 e. The highest BCUT2D eigenvalue weighted by Crippen LogP contribution is 2.46. The molecule has 0 bridgehead atoms. The fourth-order valence-corrected chi connectivity index (χ4v) is 6.61. The monoisotopic (exact) mass is 565 g/mol. The first-order valence-electron chi connectivity index (χ1n) is 10.8. The maximum absolute atomic E-state index is 13.7. The fraction of sp³-hybridized carbons (Fsp3) is 0.154. The van der Waals surface area contributed by atoms with Gasteiger partial charge in [0.2, 0.25) is 0 Å². The molecule has 1 aromatic carbocycles. The predicted molar refractivity (Wildman–Crippen MR) is 145 cm³/mol. The molecule has 0 fully saturated rings. The van der Waals surface area contributed by atoms with E-state index in [1.54, 1.807) is 39.8 Å². The third-order valence-corrected chi connectivity index (χ3v) is 8.21. The Hall–Kier alpha value is -3.34. The largest absolute Gasteiger partial charge is 0.273 e. The molecular weight excluding hydrogens is 549 g/mol. The molecule has 1 aliphatic heterocycles. The Morgan fingerprint density at radius 1 is 0.784 bits per heavy atom. The molecule has 0 saturated carbocycles. The summed E-state index contributed by atoms with van der Waals surface area (Å²) in [6.45, 7) is 7.12. The average Bonchev–Trinajstić information content (AvgIpc) is 3.03. The smallest absolute Gasteiger partial charge is 0.268 e.